The Hall–Kier alpha value is -1.91. The van der Waals surface area contributed by atoms with E-state index in [2.05, 4.69) is 5.32 Å². The number of benzene rings is 1. The van der Waals surface area contributed by atoms with Crippen LogP contribution in [0.5, 0.6) is 5.75 Å². The molecule has 5 nitrogen and oxygen atoms in total. The van der Waals surface area contributed by atoms with Crippen LogP contribution in [0.1, 0.15) is 6.92 Å². The molecular weight excluding hydrogens is 196 g/mol. The third-order valence-corrected chi connectivity index (χ3v) is 1.76. The maximum absolute atomic E-state index is 10.3. The summed E-state index contributed by atoms with van der Waals surface area (Å²) in [6.07, 6.45) is 0. The van der Waals surface area contributed by atoms with Gasteiger partial charge in [0.1, 0.15) is 12.3 Å². The number of ether oxygens (including phenoxy) is 1. The Morgan fingerprint density at radius 1 is 1.60 bits per heavy atom. The number of nitrogens with two attached hydrogens (primary N) is 1. The van der Waals surface area contributed by atoms with Gasteiger partial charge in [0.25, 0.3) is 0 Å². The van der Waals surface area contributed by atoms with Gasteiger partial charge in [0.05, 0.1) is 12.3 Å². The van der Waals surface area contributed by atoms with E-state index >= 15 is 0 Å². The van der Waals surface area contributed by atoms with Gasteiger partial charge in [-0.2, -0.15) is 0 Å². The molecule has 0 atom stereocenters. The molecule has 0 saturated carbocycles. The van der Waals surface area contributed by atoms with Crippen molar-refractivity contribution in [2.24, 2.45) is 0 Å². The van der Waals surface area contributed by atoms with Crippen molar-refractivity contribution in [1.82, 2.24) is 0 Å². The molecule has 0 spiro atoms. The van der Waals surface area contributed by atoms with Crippen LogP contribution < -0.4 is 15.8 Å². The van der Waals surface area contributed by atoms with E-state index in [0.717, 1.165) is 0 Å². The third-order valence-electron chi connectivity index (χ3n) is 1.76. The highest BCUT2D eigenvalue weighted by Crippen LogP contribution is 2.25. The first-order valence-electron chi connectivity index (χ1n) is 4.61. The van der Waals surface area contributed by atoms with Crippen LogP contribution in [-0.4, -0.2) is 24.2 Å². The van der Waals surface area contributed by atoms with Gasteiger partial charge in [-0.1, -0.05) is 0 Å². The molecule has 0 saturated heterocycles. The number of hydrogen-bond acceptors (Lipinski definition) is 4. The predicted octanol–water partition coefficient (Wildman–Crippen LogP) is 1.16. The zero-order valence-electron chi connectivity index (χ0n) is 8.49. The molecule has 1 aromatic rings. The van der Waals surface area contributed by atoms with Crippen molar-refractivity contribution in [1.29, 1.82) is 0 Å². The van der Waals surface area contributed by atoms with Crippen molar-refractivity contribution in [3.63, 3.8) is 0 Å². The number of rotatable bonds is 5. The van der Waals surface area contributed by atoms with E-state index in [1.165, 1.54) is 0 Å². The highest BCUT2D eigenvalue weighted by Gasteiger charge is 2.02. The predicted molar refractivity (Wildman–Crippen MR) is 58.1 cm³/mol. The van der Waals surface area contributed by atoms with Crippen molar-refractivity contribution in [3.8, 4) is 5.75 Å². The first kappa shape index (κ1) is 11.2. The molecule has 0 heterocycles. The molecule has 0 radical (unpaired) electrons. The average molecular weight is 210 g/mol. The smallest absolute Gasteiger partial charge is 0.322 e. The van der Waals surface area contributed by atoms with E-state index < -0.39 is 5.97 Å². The van der Waals surface area contributed by atoms with Gasteiger partial charge in [0.2, 0.25) is 0 Å². The van der Waals surface area contributed by atoms with Crippen molar-refractivity contribution >= 4 is 17.3 Å². The van der Waals surface area contributed by atoms with Crippen LogP contribution in [-0.2, 0) is 4.79 Å². The summed E-state index contributed by atoms with van der Waals surface area (Å²) in [7, 11) is 0. The van der Waals surface area contributed by atoms with E-state index in [-0.39, 0.29) is 6.54 Å². The molecule has 15 heavy (non-hydrogen) atoms. The van der Waals surface area contributed by atoms with Crippen molar-refractivity contribution in [2.75, 3.05) is 24.2 Å². The second-order valence-corrected chi connectivity index (χ2v) is 2.93. The molecule has 0 aliphatic heterocycles. The SMILES string of the molecule is CCOc1cc(NCC(=O)O)ccc1N. The van der Waals surface area contributed by atoms with Crippen LogP contribution in [0.3, 0.4) is 0 Å². The lowest BCUT2D eigenvalue weighted by molar-refractivity contribution is -0.134. The highest BCUT2D eigenvalue weighted by molar-refractivity contribution is 5.73. The molecule has 0 fully saturated rings. The normalized spacial score (nSPS) is 9.67. The summed E-state index contributed by atoms with van der Waals surface area (Å²) in [6.45, 7) is 2.25. The number of carboxylic acids is 1. The van der Waals surface area contributed by atoms with Gasteiger partial charge in [0.15, 0.2) is 0 Å². The summed E-state index contributed by atoms with van der Waals surface area (Å²) in [4.78, 5) is 10.3. The van der Waals surface area contributed by atoms with Crippen molar-refractivity contribution in [3.05, 3.63) is 18.2 Å². The Balaban J connectivity index is 2.73. The third kappa shape index (κ3) is 3.38. The molecule has 4 N–H and O–H groups in total. The second-order valence-electron chi connectivity index (χ2n) is 2.93. The first-order chi connectivity index (χ1) is 7.13. The highest BCUT2D eigenvalue weighted by atomic mass is 16.5. The Kier molecular flexibility index (Phi) is 3.79. The maximum Gasteiger partial charge on any atom is 0.322 e. The minimum Gasteiger partial charge on any atom is -0.492 e. The molecule has 0 aliphatic carbocycles. The van der Waals surface area contributed by atoms with Gasteiger partial charge in [0, 0.05) is 11.8 Å². The molecule has 0 amide bonds. The van der Waals surface area contributed by atoms with Crippen LogP contribution >= 0.6 is 0 Å². The van der Waals surface area contributed by atoms with Crippen LogP contribution in [0.4, 0.5) is 11.4 Å². The standard InChI is InChI=1S/C10H14N2O3/c1-2-15-9-5-7(3-4-8(9)11)12-6-10(13)14/h3-5,12H,2,6,11H2,1H3,(H,13,14). The Morgan fingerprint density at radius 3 is 2.93 bits per heavy atom. The number of anilines is 2. The van der Waals surface area contributed by atoms with Crippen molar-refractivity contribution in [2.45, 2.75) is 6.92 Å². The molecule has 0 bridgehead atoms. The van der Waals surface area contributed by atoms with Gasteiger partial charge in [-0.05, 0) is 19.1 Å². The van der Waals surface area contributed by atoms with Crippen LogP contribution in [0, 0.1) is 0 Å². The van der Waals surface area contributed by atoms with E-state index in [9.17, 15) is 4.79 Å². The summed E-state index contributed by atoms with van der Waals surface area (Å²) in [5.41, 5.74) is 6.88. The molecule has 0 aliphatic rings. The zero-order valence-corrected chi connectivity index (χ0v) is 8.49. The molecule has 82 valence electrons. The van der Waals surface area contributed by atoms with E-state index in [1.54, 1.807) is 18.2 Å². The Labute approximate surface area is 87.9 Å². The van der Waals surface area contributed by atoms with E-state index in [1.807, 2.05) is 6.92 Å². The molecule has 1 rings (SSSR count). The monoisotopic (exact) mass is 210 g/mol. The Bertz CT molecular complexity index is 353. The first-order valence-corrected chi connectivity index (χ1v) is 4.61. The fourth-order valence-electron chi connectivity index (χ4n) is 1.10. The van der Waals surface area contributed by atoms with Gasteiger partial charge >= 0.3 is 5.97 Å². The fourth-order valence-corrected chi connectivity index (χ4v) is 1.10. The van der Waals surface area contributed by atoms with Crippen LogP contribution in [0.25, 0.3) is 0 Å². The molecular formula is C10H14N2O3. The van der Waals surface area contributed by atoms with Crippen LogP contribution in [0.2, 0.25) is 0 Å². The molecule has 0 unspecified atom stereocenters. The topological polar surface area (TPSA) is 84.6 Å². The number of aliphatic carboxylic acids is 1. The summed E-state index contributed by atoms with van der Waals surface area (Å²) in [6, 6.07) is 5.07. The number of carboxylic acid groups (broad SMARTS) is 1. The largest absolute Gasteiger partial charge is 0.492 e. The number of hydrogen-bond donors (Lipinski definition) is 3. The Morgan fingerprint density at radius 2 is 2.33 bits per heavy atom. The lowest BCUT2D eigenvalue weighted by Crippen LogP contribution is -2.12. The zero-order chi connectivity index (χ0) is 11.3. The van der Waals surface area contributed by atoms with Gasteiger partial charge in [-0.25, -0.2) is 0 Å². The quantitative estimate of drug-likeness (QED) is 0.635. The second kappa shape index (κ2) is 5.09. The maximum atomic E-state index is 10.3. The van der Waals surface area contributed by atoms with Gasteiger partial charge in [-0.15, -0.1) is 0 Å². The molecule has 0 aromatic heterocycles. The lowest BCUT2D eigenvalue weighted by atomic mass is 10.2. The van der Waals surface area contributed by atoms with Gasteiger partial charge in [-0.3, -0.25) is 4.79 Å². The number of nitrogen functional groups attached to an aromatic ring is 1. The van der Waals surface area contributed by atoms with Gasteiger partial charge < -0.3 is 20.9 Å². The number of nitrogens with one attached hydrogen (secondary N) is 1. The summed E-state index contributed by atoms with van der Waals surface area (Å²) in [5, 5.41) is 11.2. The fraction of sp³-hybridized carbons (Fsp3) is 0.300. The van der Waals surface area contributed by atoms with Crippen molar-refractivity contribution < 1.29 is 14.6 Å². The van der Waals surface area contributed by atoms with Crippen LogP contribution in [0.15, 0.2) is 18.2 Å². The summed E-state index contributed by atoms with van der Waals surface area (Å²) < 4.78 is 5.27. The summed E-state index contributed by atoms with van der Waals surface area (Å²) in [5.74, 6) is -0.349. The molecule has 1 aromatic carbocycles. The summed E-state index contributed by atoms with van der Waals surface area (Å²) >= 11 is 0. The lowest BCUT2D eigenvalue weighted by Gasteiger charge is -2.09. The van der Waals surface area contributed by atoms with E-state index in [0.29, 0.717) is 23.7 Å². The average Bonchev–Trinajstić information content (AvgIpc) is 2.19. The van der Waals surface area contributed by atoms with E-state index in [4.69, 9.17) is 15.6 Å². The minimum atomic E-state index is -0.912. The molecule has 5 heteroatoms. The minimum absolute atomic E-state index is 0.129. The number of carbonyl (C=O) groups is 1.